The quantitative estimate of drug-likeness (QED) is 0.911. The van der Waals surface area contributed by atoms with Gasteiger partial charge in [0.25, 0.3) is 0 Å². The normalized spacial score (nSPS) is 11.3. The largest absolute Gasteiger partial charge is 0.478 e. The lowest BCUT2D eigenvalue weighted by molar-refractivity contribution is 0.0697. The van der Waals surface area contributed by atoms with E-state index in [0.29, 0.717) is 5.69 Å². The van der Waals surface area contributed by atoms with E-state index in [9.17, 15) is 9.59 Å². The lowest BCUT2D eigenvalue weighted by Gasteiger charge is -2.26. The summed E-state index contributed by atoms with van der Waals surface area (Å²) in [6.07, 6.45) is 0. The van der Waals surface area contributed by atoms with Crippen LogP contribution in [0, 0.1) is 17.2 Å². The Morgan fingerprint density at radius 2 is 1.95 bits per heavy atom. The number of urea groups is 1. The summed E-state index contributed by atoms with van der Waals surface area (Å²) in [6, 6.07) is 7.98. The zero-order valence-electron chi connectivity index (χ0n) is 11.7. The van der Waals surface area contributed by atoms with E-state index in [4.69, 9.17) is 10.4 Å². The maximum absolute atomic E-state index is 12.2. The van der Waals surface area contributed by atoms with Crippen LogP contribution in [0.3, 0.4) is 0 Å². The van der Waals surface area contributed by atoms with Crippen LogP contribution in [-0.2, 0) is 0 Å². The van der Waals surface area contributed by atoms with Gasteiger partial charge in [-0.05, 0) is 19.1 Å². The van der Waals surface area contributed by atoms with E-state index in [1.54, 1.807) is 32.2 Å². The van der Waals surface area contributed by atoms with Crippen molar-refractivity contribution < 1.29 is 14.7 Å². The molecule has 0 bridgehead atoms. The molecule has 0 heterocycles. The highest BCUT2D eigenvalue weighted by Crippen LogP contribution is 2.20. The molecule has 0 saturated carbocycles. The molecule has 1 unspecified atom stereocenters. The van der Waals surface area contributed by atoms with E-state index in [0.717, 1.165) is 0 Å². The Hall–Kier alpha value is -2.55. The second-order valence-electron chi connectivity index (χ2n) is 4.57. The number of hydrogen-bond acceptors (Lipinski definition) is 3. The predicted octanol–water partition coefficient (Wildman–Crippen LogP) is 2.03. The van der Waals surface area contributed by atoms with E-state index in [1.165, 1.54) is 22.9 Å². The van der Waals surface area contributed by atoms with Crippen LogP contribution in [0.25, 0.3) is 0 Å². The van der Waals surface area contributed by atoms with Crippen molar-refractivity contribution in [2.45, 2.75) is 6.92 Å². The monoisotopic (exact) mass is 275 g/mol. The molecule has 1 atom stereocenters. The first-order valence-corrected chi connectivity index (χ1v) is 6.09. The highest BCUT2D eigenvalue weighted by atomic mass is 16.4. The molecule has 20 heavy (non-hydrogen) atoms. The smallest absolute Gasteiger partial charge is 0.337 e. The Morgan fingerprint density at radius 1 is 1.35 bits per heavy atom. The molecule has 6 heteroatoms. The number of carbonyl (C=O) groups excluding carboxylic acids is 1. The summed E-state index contributed by atoms with van der Waals surface area (Å²) >= 11 is 0. The number of anilines is 1. The number of hydrogen-bond donors (Lipinski definition) is 1. The minimum Gasteiger partial charge on any atom is -0.478 e. The van der Waals surface area contributed by atoms with E-state index in [2.05, 4.69) is 6.07 Å². The first-order valence-electron chi connectivity index (χ1n) is 6.09. The van der Waals surface area contributed by atoms with Crippen molar-refractivity contribution >= 4 is 17.7 Å². The van der Waals surface area contributed by atoms with Crippen molar-refractivity contribution in [3.8, 4) is 6.07 Å². The zero-order valence-corrected chi connectivity index (χ0v) is 11.7. The van der Waals surface area contributed by atoms with Crippen LogP contribution in [0.1, 0.15) is 17.3 Å². The van der Waals surface area contributed by atoms with E-state index < -0.39 is 5.97 Å². The number of para-hydroxylation sites is 1. The second-order valence-corrected chi connectivity index (χ2v) is 4.57. The predicted molar refractivity (Wildman–Crippen MR) is 74.6 cm³/mol. The van der Waals surface area contributed by atoms with Gasteiger partial charge in [-0.25, -0.2) is 9.59 Å². The fourth-order valence-corrected chi connectivity index (χ4v) is 1.84. The summed E-state index contributed by atoms with van der Waals surface area (Å²) in [4.78, 5) is 26.0. The Balaban J connectivity index is 2.95. The SMILES string of the molecule is CC(C#N)CN(C)C(=O)N(C)c1ccccc1C(=O)O. The van der Waals surface area contributed by atoms with Crippen molar-refractivity contribution in [1.82, 2.24) is 4.90 Å². The maximum atomic E-state index is 12.2. The molecular weight excluding hydrogens is 258 g/mol. The molecule has 106 valence electrons. The minimum atomic E-state index is -1.09. The highest BCUT2D eigenvalue weighted by Gasteiger charge is 2.21. The average Bonchev–Trinajstić information content (AvgIpc) is 2.45. The molecule has 1 aromatic carbocycles. The van der Waals surface area contributed by atoms with Gasteiger partial charge in [0.15, 0.2) is 0 Å². The molecule has 1 aromatic rings. The van der Waals surface area contributed by atoms with Crippen molar-refractivity contribution in [2.75, 3.05) is 25.5 Å². The molecule has 0 saturated heterocycles. The molecule has 6 nitrogen and oxygen atoms in total. The van der Waals surface area contributed by atoms with E-state index in [1.807, 2.05) is 0 Å². The Bertz CT molecular complexity index is 551. The number of carbonyl (C=O) groups is 2. The van der Waals surface area contributed by atoms with Crippen LogP contribution < -0.4 is 4.90 Å². The van der Waals surface area contributed by atoms with Crippen LogP contribution >= 0.6 is 0 Å². The first-order chi connectivity index (χ1) is 9.38. The van der Waals surface area contributed by atoms with Crippen LogP contribution in [-0.4, -0.2) is 42.6 Å². The lowest BCUT2D eigenvalue weighted by atomic mass is 10.1. The summed E-state index contributed by atoms with van der Waals surface area (Å²) in [5, 5.41) is 17.9. The van der Waals surface area contributed by atoms with Gasteiger partial charge >= 0.3 is 12.0 Å². The summed E-state index contributed by atoms with van der Waals surface area (Å²) in [5.74, 6) is -1.37. The number of rotatable bonds is 4. The molecule has 0 aromatic heterocycles. The van der Waals surface area contributed by atoms with Gasteiger partial charge in [-0.2, -0.15) is 5.26 Å². The molecule has 0 fully saturated rings. The van der Waals surface area contributed by atoms with E-state index >= 15 is 0 Å². The van der Waals surface area contributed by atoms with Crippen LogP contribution in [0.2, 0.25) is 0 Å². The van der Waals surface area contributed by atoms with Crippen LogP contribution in [0.5, 0.6) is 0 Å². The molecule has 0 aliphatic rings. The van der Waals surface area contributed by atoms with Gasteiger partial charge in [-0.1, -0.05) is 12.1 Å². The summed E-state index contributed by atoms with van der Waals surface area (Å²) in [7, 11) is 3.09. The summed E-state index contributed by atoms with van der Waals surface area (Å²) in [6.45, 7) is 2.00. The molecule has 0 radical (unpaired) electrons. The van der Waals surface area contributed by atoms with E-state index in [-0.39, 0.29) is 24.1 Å². The van der Waals surface area contributed by atoms with Crippen molar-refractivity contribution in [2.24, 2.45) is 5.92 Å². The Morgan fingerprint density at radius 3 is 2.50 bits per heavy atom. The molecule has 2 amide bonds. The molecule has 0 spiro atoms. The zero-order chi connectivity index (χ0) is 15.3. The van der Waals surface area contributed by atoms with Gasteiger partial charge in [0.05, 0.1) is 23.2 Å². The second kappa shape index (κ2) is 6.57. The third-order valence-corrected chi connectivity index (χ3v) is 2.88. The maximum Gasteiger partial charge on any atom is 0.337 e. The van der Waals surface area contributed by atoms with Gasteiger partial charge in [0, 0.05) is 20.6 Å². The number of benzene rings is 1. The van der Waals surface area contributed by atoms with Gasteiger partial charge in [-0.3, -0.25) is 4.90 Å². The lowest BCUT2D eigenvalue weighted by Crippen LogP contribution is -2.41. The molecule has 0 aliphatic heterocycles. The number of carboxylic acids is 1. The molecular formula is C14H17N3O3. The summed E-state index contributed by atoms with van der Waals surface area (Å²) < 4.78 is 0. The molecule has 1 N–H and O–H groups in total. The standard InChI is InChI=1S/C14H17N3O3/c1-10(8-15)9-16(2)14(20)17(3)12-7-5-4-6-11(12)13(18)19/h4-7,10H,9H2,1-3H3,(H,18,19). The first kappa shape index (κ1) is 15.5. The van der Waals surface area contributed by atoms with Crippen LogP contribution in [0.4, 0.5) is 10.5 Å². The number of amides is 2. The number of carboxylic acid groups (broad SMARTS) is 1. The fourth-order valence-electron chi connectivity index (χ4n) is 1.84. The van der Waals surface area contributed by atoms with Gasteiger partial charge in [0.2, 0.25) is 0 Å². The fraction of sp³-hybridized carbons (Fsp3) is 0.357. The molecule has 1 rings (SSSR count). The van der Waals surface area contributed by atoms with Gasteiger partial charge < -0.3 is 10.0 Å². The Kier molecular flexibility index (Phi) is 5.09. The number of aromatic carboxylic acids is 1. The minimum absolute atomic E-state index is 0.0603. The van der Waals surface area contributed by atoms with Crippen molar-refractivity contribution in [1.29, 1.82) is 5.26 Å². The number of nitriles is 1. The number of nitrogens with zero attached hydrogens (tertiary/aromatic N) is 3. The summed E-state index contributed by atoms with van der Waals surface area (Å²) in [5.41, 5.74) is 0.381. The van der Waals surface area contributed by atoms with Crippen molar-refractivity contribution in [3.05, 3.63) is 29.8 Å². The highest BCUT2D eigenvalue weighted by molar-refractivity contribution is 6.01. The average molecular weight is 275 g/mol. The van der Waals surface area contributed by atoms with Gasteiger partial charge in [-0.15, -0.1) is 0 Å². The topological polar surface area (TPSA) is 84.6 Å². The third kappa shape index (κ3) is 3.48. The Labute approximate surface area is 117 Å². The van der Waals surface area contributed by atoms with Crippen molar-refractivity contribution in [3.63, 3.8) is 0 Å². The van der Waals surface area contributed by atoms with Gasteiger partial charge in [0.1, 0.15) is 0 Å². The van der Waals surface area contributed by atoms with Crippen LogP contribution in [0.15, 0.2) is 24.3 Å². The third-order valence-electron chi connectivity index (χ3n) is 2.88. The molecule has 0 aliphatic carbocycles.